The molecule has 0 aromatic heterocycles. The second-order valence-corrected chi connectivity index (χ2v) is 3.99. The molecule has 0 radical (unpaired) electrons. The van der Waals surface area contributed by atoms with Crippen LogP contribution < -0.4 is 5.32 Å². The van der Waals surface area contributed by atoms with Gasteiger partial charge in [0.05, 0.1) is 6.07 Å². The summed E-state index contributed by atoms with van der Waals surface area (Å²) in [6.07, 6.45) is 0. The molecule has 1 saturated heterocycles. The van der Waals surface area contributed by atoms with Crippen molar-refractivity contribution in [3.05, 3.63) is 29.8 Å². The number of nitrogens with zero attached hydrogens (tertiary/aromatic N) is 2. The Kier molecular flexibility index (Phi) is 3.40. The summed E-state index contributed by atoms with van der Waals surface area (Å²) in [5.41, 5.74) is 1.12. The quantitative estimate of drug-likeness (QED) is 0.765. The third kappa shape index (κ3) is 2.51. The van der Waals surface area contributed by atoms with Crippen LogP contribution in [0.2, 0.25) is 0 Å². The summed E-state index contributed by atoms with van der Waals surface area (Å²) in [4.78, 5) is 2.16. The summed E-state index contributed by atoms with van der Waals surface area (Å²) >= 11 is 0. The van der Waals surface area contributed by atoms with Crippen LogP contribution in [0.5, 0.6) is 5.75 Å². The number of piperazine rings is 1. The standard InChI is InChI=1S/C12H15N3O/c13-7-11-8-14-5-6-15(11)9-10-1-3-12(16)4-2-10/h1-4,11,14,16H,5-6,8-9H2. The molecule has 0 aliphatic carbocycles. The van der Waals surface area contributed by atoms with Crippen LogP contribution in [-0.4, -0.2) is 35.7 Å². The van der Waals surface area contributed by atoms with E-state index in [2.05, 4.69) is 16.3 Å². The summed E-state index contributed by atoms with van der Waals surface area (Å²) in [6, 6.07) is 9.39. The van der Waals surface area contributed by atoms with Gasteiger partial charge in [-0.15, -0.1) is 0 Å². The van der Waals surface area contributed by atoms with E-state index in [0.29, 0.717) is 0 Å². The number of phenols is 1. The van der Waals surface area contributed by atoms with Crippen LogP contribution in [0, 0.1) is 11.3 Å². The zero-order valence-electron chi connectivity index (χ0n) is 9.06. The zero-order chi connectivity index (χ0) is 11.4. The van der Waals surface area contributed by atoms with E-state index in [4.69, 9.17) is 5.26 Å². The summed E-state index contributed by atoms with van der Waals surface area (Å²) in [5, 5.41) is 21.4. The lowest BCUT2D eigenvalue weighted by Crippen LogP contribution is -2.49. The summed E-state index contributed by atoms with van der Waals surface area (Å²) in [7, 11) is 0. The number of hydrogen-bond donors (Lipinski definition) is 2. The number of nitriles is 1. The molecular weight excluding hydrogens is 202 g/mol. The van der Waals surface area contributed by atoms with Crippen LogP contribution in [0.4, 0.5) is 0 Å². The lowest BCUT2D eigenvalue weighted by atomic mass is 10.1. The first-order valence-electron chi connectivity index (χ1n) is 5.42. The maximum Gasteiger partial charge on any atom is 0.115 e. The van der Waals surface area contributed by atoms with Gasteiger partial charge >= 0.3 is 0 Å². The average Bonchev–Trinajstić information content (AvgIpc) is 2.33. The second-order valence-electron chi connectivity index (χ2n) is 3.99. The topological polar surface area (TPSA) is 59.3 Å². The third-order valence-electron chi connectivity index (χ3n) is 2.83. The van der Waals surface area contributed by atoms with Crippen molar-refractivity contribution in [1.82, 2.24) is 10.2 Å². The van der Waals surface area contributed by atoms with E-state index >= 15 is 0 Å². The number of nitrogens with one attached hydrogen (secondary N) is 1. The molecule has 0 spiro atoms. The fraction of sp³-hybridized carbons (Fsp3) is 0.417. The van der Waals surface area contributed by atoms with Crippen LogP contribution in [0.25, 0.3) is 0 Å². The predicted molar refractivity (Wildman–Crippen MR) is 60.8 cm³/mol. The highest BCUT2D eigenvalue weighted by Gasteiger charge is 2.21. The SMILES string of the molecule is N#CC1CNCCN1Cc1ccc(O)cc1. The summed E-state index contributed by atoms with van der Waals surface area (Å²) < 4.78 is 0. The summed E-state index contributed by atoms with van der Waals surface area (Å²) in [5.74, 6) is 0.279. The smallest absolute Gasteiger partial charge is 0.115 e. The van der Waals surface area contributed by atoms with Crippen molar-refractivity contribution < 1.29 is 5.11 Å². The molecule has 16 heavy (non-hydrogen) atoms. The minimum Gasteiger partial charge on any atom is -0.508 e. The Morgan fingerprint density at radius 3 is 2.88 bits per heavy atom. The lowest BCUT2D eigenvalue weighted by molar-refractivity contribution is 0.189. The lowest BCUT2D eigenvalue weighted by Gasteiger charge is -2.31. The average molecular weight is 217 g/mol. The highest BCUT2D eigenvalue weighted by molar-refractivity contribution is 5.26. The molecule has 1 atom stereocenters. The van der Waals surface area contributed by atoms with Gasteiger partial charge in [-0.3, -0.25) is 4.90 Å². The first-order chi connectivity index (χ1) is 7.79. The molecule has 0 amide bonds. The van der Waals surface area contributed by atoms with E-state index in [9.17, 15) is 5.11 Å². The molecule has 1 unspecified atom stereocenters. The summed E-state index contributed by atoms with van der Waals surface area (Å²) in [6.45, 7) is 3.31. The van der Waals surface area contributed by atoms with E-state index in [0.717, 1.165) is 31.7 Å². The van der Waals surface area contributed by atoms with Crippen molar-refractivity contribution in [1.29, 1.82) is 5.26 Å². The van der Waals surface area contributed by atoms with E-state index in [1.165, 1.54) is 0 Å². The van der Waals surface area contributed by atoms with Crippen molar-refractivity contribution in [2.24, 2.45) is 0 Å². The van der Waals surface area contributed by atoms with E-state index in [-0.39, 0.29) is 11.8 Å². The fourth-order valence-corrected chi connectivity index (χ4v) is 1.90. The van der Waals surface area contributed by atoms with Gasteiger partial charge in [-0.05, 0) is 17.7 Å². The van der Waals surface area contributed by atoms with E-state index < -0.39 is 0 Å². The predicted octanol–water partition coefficient (Wildman–Crippen LogP) is 0.690. The Hall–Kier alpha value is -1.57. The Labute approximate surface area is 95.1 Å². The van der Waals surface area contributed by atoms with Gasteiger partial charge in [0.15, 0.2) is 0 Å². The van der Waals surface area contributed by atoms with Gasteiger partial charge in [0.25, 0.3) is 0 Å². The molecule has 1 aliphatic rings. The molecule has 4 heteroatoms. The Morgan fingerprint density at radius 1 is 1.44 bits per heavy atom. The van der Waals surface area contributed by atoms with Crippen LogP contribution in [0.1, 0.15) is 5.56 Å². The van der Waals surface area contributed by atoms with Gasteiger partial charge < -0.3 is 10.4 Å². The minimum atomic E-state index is -0.0532. The maximum atomic E-state index is 9.18. The number of benzene rings is 1. The number of aromatic hydroxyl groups is 1. The normalized spacial score (nSPS) is 21.6. The first kappa shape index (κ1) is 10.9. The van der Waals surface area contributed by atoms with Gasteiger partial charge in [-0.25, -0.2) is 0 Å². The van der Waals surface area contributed by atoms with Crippen molar-refractivity contribution >= 4 is 0 Å². The van der Waals surface area contributed by atoms with Gasteiger partial charge in [-0.1, -0.05) is 12.1 Å². The second kappa shape index (κ2) is 4.97. The van der Waals surface area contributed by atoms with E-state index in [1.807, 2.05) is 12.1 Å². The molecule has 1 aromatic rings. The van der Waals surface area contributed by atoms with E-state index in [1.54, 1.807) is 12.1 Å². The minimum absolute atomic E-state index is 0.0532. The Balaban J connectivity index is 2.02. The fourth-order valence-electron chi connectivity index (χ4n) is 1.90. The Bertz CT molecular complexity index is 382. The molecule has 1 heterocycles. The number of rotatable bonds is 2. The van der Waals surface area contributed by atoms with Crippen molar-refractivity contribution in [3.8, 4) is 11.8 Å². The highest BCUT2D eigenvalue weighted by Crippen LogP contribution is 2.13. The van der Waals surface area contributed by atoms with Crippen molar-refractivity contribution in [3.63, 3.8) is 0 Å². The van der Waals surface area contributed by atoms with Crippen LogP contribution in [0.3, 0.4) is 0 Å². The van der Waals surface area contributed by atoms with Crippen LogP contribution >= 0.6 is 0 Å². The van der Waals surface area contributed by atoms with Gasteiger partial charge in [0, 0.05) is 26.2 Å². The largest absolute Gasteiger partial charge is 0.508 e. The third-order valence-corrected chi connectivity index (χ3v) is 2.83. The molecule has 4 nitrogen and oxygen atoms in total. The van der Waals surface area contributed by atoms with Crippen LogP contribution in [0.15, 0.2) is 24.3 Å². The monoisotopic (exact) mass is 217 g/mol. The Morgan fingerprint density at radius 2 is 2.19 bits per heavy atom. The molecule has 0 bridgehead atoms. The van der Waals surface area contributed by atoms with Crippen molar-refractivity contribution in [2.75, 3.05) is 19.6 Å². The molecule has 1 fully saturated rings. The first-order valence-corrected chi connectivity index (χ1v) is 5.42. The molecular formula is C12H15N3O. The molecule has 0 saturated carbocycles. The highest BCUT2D eigenvalue weighted by atomic mass is 16.3. The van der Waals surface area contributed by atoms with Gasteiger partial charge in [-0.2, -0.15) is 5.26 Å². The van der Waals surface area contributed by atoms with Gasteiger partial charge in [0.2, 0.25) is 0 Å². The molecule has 1 aromatic carbocycles. The maximum absolute atomic E-state index is 9.18. The number of hydrogen-bond acceptors (Lipinski definition) is 4. The number of phenolic OH excluding ortho intramolecular Hbond substituents is 1. The van der Waals surface area contributed by atoms with Crippen LogP contribution in [-0.2, 0) is 6.54 Å². The zero-order valence-corrected chi connectivity index (χ0v) is 9.06. The van der Waals surface area contributed by atoms with Crippen molar-refractivity contribution in [2.45, 2.75) is 12.6 Å². The molecule has 1 aliphatic heterocycles. The molecule has 2 rings (SSSR count). The molecule has 2 N–H and O–H groups in total. The van der Waals surface area contributed by atoms with Gasteiger partial charge in [0.1, 0.15) is 11.8 Å². The molecule has 84 valence electrons.